The monoisotopic (exact) mass is 242 g/mol. The summed E-state index contributed by atoms with van der Waals surface area (Å²) in [5.74, 6) is -2.34. The maximum Gasteiger partial charge on any atom is 0.239 e. The molecule has 6 heteroatoms. The molecule has 0 fully saturated rings. The summed E-state index contributed by atoms with van der Waals surface area (Å²) in [7, 11) is 0. The van der Waals surface area contributed by atoms with Gasteiger partial charge in [-0.25, -0.2) is 4.39 Å². The van der Waals surface area contributed by atoms with Crippen LogP contribution in [0.25, 0.3) is 0 Å². The van der Waals surface area contributed by atoms with Crippen molar-refractivity contribution in [2.24, 2.45) is 0 Å². The van der Waals surface area contributed by atoms with Crippen LogP contribution in [0.2, 0.25) is 5.15 Å². The van der Waals surface area contributed by atoms with Gasteiger partial charge in [-0.2, -0.15) is 9.37 Å². The second kappa shape index (κ2) is 4.40. The molecule has 0 N–H and O–H groups in total. The van der Waals surface area contributed by atoms with Gasteiger partial charge in [-0.05, 0) is 12.1 Å². The minimum Gasteiger partial charge on any atom is -0.434 e. The average Bonchev–Trinajstić information content (AvgIpc) is 2.25. The minimum atomic E-state index is -1.08. The lowest BCUT2D eigenvalue weighted by molar-refractivity contribution is 0.404. The van der Waals surface area contributed by atoms with Gasteiger partial charge in [0.05, 0.1) is 12.4 Å². The number of benzene rings is 1. The highest BCUT2D eigenvalue weighted by Crippen LogP contribution is 2.24. The molecule has 1 aromatic heterocycles. The van der Waals surface area contributed by atoms with Gasteiger partial charge in [-0.3, -0.25) is 4.98 Å². The van der Waals surface area contributed by atoms with Crippen LogP contribution in [0.1, 0.15) is 0 Å². The van der Waals surface area contributed by atoms with E-state index in [0.29, 0.717) is 0 Å². The second-order valence-corrected chi connectivity index (χ2v) is 3.22. The van der Waals surface area contributed by atoms with E-state index in [9.17, 15) is 8.78 Å². The summed E-state index contributed by atoms with van der Waals surface area (Å²) in [4.78, 5) is 7.43. The van der Waals surface area contributed by atoms with E-state index in [0.717, 1.165) is 6.07 Å². The fourth-order valence-electron chi connectivity index (χ4n) is 1.05. The van der Waals surface area contributed by atoms with Crippen LogP contribution >= 0.6 is 11.6 Å². The third-order valence-electron chi connectivity index (χ3n) is 1.71. The Morgan fingerprint density at radius 1 is 1.19 bits per heavy atom. The lowest BCUT2D eigenvalue weighted by Gasteiger charge is -2.05. The molecule has 0 unspecified atom stereocenters. The lowest BCUT2D eigenvalue weighted by Crippen LogP contribution is -1.94. The molecule has 0 aliphatic rings. The number of rotatable bonds is 2. The zero-order valence-electron chi connectivity index (χ0n) is 7.82. The Morgan fingerprint density at radius 3 is 2.75 bits per heavy atom. The van der Waals surface area contributed by atoms with Crippen molar-refractivity contribution in [2.45, 2.75) is 0 Å². The van der Waals surface area contributed by atoms with Crippen molar-refractivity contribution < 1.29 is 13.5 Å². The van der Waals surface area contributed by atoms with E-state index in [1.807, 2.05) is 0 Å². The SMILES string of the molecule is Fc1cccc(Oc2cncc(Cl)n2)c1F. The average molecular weight is 243 g/mol. The third-order valence-corrected chi connectivity index (χ3v) is 1.90. The van der Waals surface area contributed by atoms with Gasteiger partial charge in [-0.15, -0.1) is 0 Å². The molecule has 3 nitrogen and oxygen atoms in total. The number of aromatic nitrogens is 2. The van der Waals surface area contributed by atoms with Crippen LogP contribution in [0.5, 0.6) is 11.6 Å². The molecule has 2 aromatic rings. The van der Waals surface area contributed by atoms with E-state index in [-0.39, 0.29) is 16.8 Å². The molecule has 82 valence electrons. The Balaban J connectivity index is 2.31. The summed E-state index contributed by atoms with van der Waals surface area (Å²) in [5, 5.41) is 0.106. The lowest BCUT2D eigenvalue weighted by atomic mass is 10.3. The topological polar surface area (TPSA) is 35.0 Å². The number of ether oxygens (including phenoxy) is 1. The predicted octanol–water partition coefficient (Wildman–Crippen LogP) is 3.20. The molecule has 1 aromatic carbocycles. The molecule has 0 saturated carbocycles. The van der Waals surface area contributed by atoms with Crippen molar-refractivity contribution >= 4 is 11.6 Å². The van der Waals surface area contributed by atoms with Gasteiger partial charge in [0, 0.05) is 0 Å². The van der Waals surface area contributed by atoms with Gasteiger partial charge in [0.15, 0.2) is 16.7 Å². The van der Waals surface area contributed by atoms with E-state index in [1.165, 1.54) is 24.5 Å². The van der Waals surface area contributed by atoms with Crippen molar-refractivity contribution in [2.75, 3.05) is 0 Å². The quantitative estimate of drug-likeness (QED) is 0.811. The first-order chi connectivity index (χ1) is 7.66. The van der Waals surface area contributed by atoms with E-state index < -0.39 is 11.6 Å². The number of halogens is 3. The molecule has 1 heterocycles. The molecule has 0 bridgehead atoms. The summed E-state index contributed by atoms with van der Waals surface area (Å²) in [6.07, 6.45) is 2.55. The highest BCUT2D eigenvalue weighted by molar-refractivity contribution is 6.29. The van der Waals surface area contributed by atoms with E-state index in [2.05, 4.69) is 9.97 Å². The van der Waals surface area contributed by atoms with Gasteiger partial charge in [0.25, 0.3) is 0 Å². The fourth-order valence-corrected chi connectivity index (χ4v) is 1.19. The molecule has 0 aliphatic carbocycles. The van der Waals surface area contributed by atoms with Crippen LogP contribution in [0.15, 0.2) is 30.6 Å². The van der Waals surface area contributed by atoms with Gasteiger partial charge in [-0.1, -0.05) is 17.7 Å². The van der Waals surface area contributed by atoms with Crippen molar-refractivity contribution in [3.63, 3.8) is 0 Å². The normalized spacial score (nSPS) is 10.2. The van der Waals surface area contributed by atoms with Crippen molar-refractivity contribution in [1.82, 2.24) is 9.97 Å². The van der Waals surface area contributed by atoms with Crippen molar-refractivity contribution in [3.05, 3.63) is 47.4 Å². The summed E-state index contributed by atoms with van der Waals surface area (Å²) in [6, 6.07) is 3.60. The fraction of sp³-hybridized carbons (Fsp3) is 0. The third kappa shape index (κ3) is 2.25. The molecule has 0 atom stereocenters. The standard InChI is InChI=1S/C10H5ClF2N2O/c11-8-4-14-5-9(15-8)16-7-3-1-2-6(12)10(7)13/h1-5H. The zero-order valence-corrected chi connectivity index (χ0v) is 8.58. The molecule has 16 heavy (non-hydrogen) atoms. The molecule has 2 rings (SSSR count). The molecule has 0 amide bonds. The Hall–Kier alpha value is -1.75. The van der Waals surface area contributed by atoms with Gasteiger partial charge in [0.2, 0.25) is 11.7 Å². The van der Waals surface area contributed by atoms with E-state index >= 15 is 0 Å². The molecule has 0 aliphatic heterocycles. The maximum absolute atomic E-state index is 13.2. The number of hydrogen-bond donors (Lipinski definition) is 0. The first-order valence-electron chi connectivity index (χ1n) is 4.26. The number of hydrogen-bond acceptors (Lipinski definition) is 3. The van der Waals surface area contributed by atoms with Crippen LogP contribution < -0.4 is 4.74 Å². The van der Waals surface area contributed by atoms with Crippen LogP contribution in [0.3, 0.4) is 0 Å². The summed E-state index contributed by atoms with van der Waals surface area (Å²) < 4.78 is 31.0. The van der Waals surface area contributed by atoms with Crippen molar-refractivity contribution in [1.29, 1.82) is 0 Å². The Labute approximate surface area is 94.7 Å². The first kappa shape index (κ1) is 10.8. The van der Waals surface area contributed by atoms with E-state index in [1.54, 1.807) is 0 Å². The van der Waals surface area contributed by atoms with E-state index in [4.69, 9.17) is 16.3 Å². The smallest absolute Gasteiger partial charge is 0.239 e. The molecular formula is C10H5ClF2N2O. The largest absolute Gasteiger partial charge is 0.434 e. The van der Waals surface area contributed by atoms with Crippen LogP contribution in [-0.4, -0.2) is 9.97 Å². The second-order valence-electron chi connectivity index (χ2n) is 2.83. The van der Waals surface area contributed by atoms with Crippen molar-refractivity contribution in [3.8, 4) is 11.6 Å². The van der Waals surface area contributed by atoms with Gasteiger partial charge in [0.1, 0.15) is 0 Å². The summed E-state index contributed by atoms with van der Waals surface area (Å²) >= 11 is 5.56. The molecule has 0 radical (unpaired) electrons. The van der Waals surface area contributed by atoms with Crippen LogP contribution in [-0.2, 0) is 0 Å². The predicted molar refractivity (Wildman–Crippen MR) is 53.5 cm³/mol. The zero-order chi connectivity index (χ0) is 11.5. The Kier molecular flexibility index (Phi) is 2.96. The van der Waals surface area contributed by atoms with Gasteiger partial charge >= 0.3 is 0 Å². The summed E-state index contributed by atoms with van der Waals surface area (Å²) in [5.41, 5.74) is 0. The van der Waals surface area contributed by atoms with Crippen LogP contribution in [0.4, 0.5) is 8.78 Å². The highest BCUT2D eigenvalue weighted by Gasteiger charge is 2.10. The Morgan fingerprint density at radius 2 is 2.00 bits per heavy atom. The van der Waals surface area contributed by atoms with Gasteiger partial charge < -0.3 is 4.74 Å². The minimum absolute atomic E-state index is 0.00278. The maximum atomic E-state index is 13.2. The first-order valence-corrected chi connectivity index (χ1v) is 4.64. The highest BCUT2D eigenvalue weighted by atomic mass is 35.5. The number of nitrogens with zero attached hydrogens (tertiary/aromatic N) is 2. The summed E-state index contributed by atoms with van der Waals surface area (Å²) in [6.45, 7) is 0. The Bertz CT molecular complexity index is 522. The molecular weight excluding hydrogens is 238 g/mol. The van der Waals surface area contributed by atoms with Crippen LogP contribution in [0, 0.1) is 11.6 Å². The molecule has 0 saturated heterocycles. The molecule has 0 spiro atoms.